The molecule has 1 fully saturated rings. The number of aryl methyl sites for hydroxylation is 1. The first-order chi connectivity index (χ1) is 8.15. The van der Waals surface area contributed by atoms with Gasteiger partial charge in [0.25, 0.3) is 0 Å². The Hall–Kier alpha value is -0.0200. The maximum atomic E-state index is 6.07. The summed E-state index contributed by atoms with van der Waals surface area (Å²) < 4.78 is 2.03. The molecule has 1 aliphatic carbocycles. The largest absolute Gasteiger partial charge is 0.270 e. The number of rotatable bonds is 3. The molecule has 1 heterocycles. The van der Waals surface area contributed by atoms with Crippen molar-refractivity contribution in [2.75, 3.05) is 5.33 Å². The Bertz CT molecular complexity index is 348. The minimum Gasteiger partial charge on any atom is -0.270 e. The third-order valence-corrected chi connectivity index (χ3v) is 5.39. The van der Waals surface area contributed by atoms with Gasteiger partial charge in [0.2, 0.25) is 0 Å². The van der Waals surface area contributed by atoms with Crippen molar-refractivity contribution in [1.82, 2.24) is 9.78 Å². The molecule has 96 valence electrons. The smallest absolute Gasteiger partial charge is 0.0814 e. The molecule has 0 spiro atoms. The number of aromatic nitrogens is 2. The van der Waals surface area contributed by atoms with Crippen LogP contribution in [0.5, 0.6) is 0 Å². The summed E-state index contributed by atoms with van der Waals surface area (Å²) in [5, 5.41) is 6.34. The van der Waals surface area contributed by atoms with E-state index in [2.05, 4.69) is 21.0 Å². The van der Waals surface area contributed by atoms with Crippen molar-refractivity contribution >= 4 is 27.5 Å². The highest BCUT2D eigenvalue weighted by Gasteiger charge is 2.30. The van der Waals surface area contributed by atoms with E-state index < -0.39 is 0 Å². The molecule has 0 unspecified atom stereocenters. The van der Waals surface area contributed by atoms with Crippen LogP contribution < -0.4 is 0 Å². The van der Waals surface area contributed by atoms with Crippen LogP contribution in [0.15, 0.2) is 6.20 Å². The second kappa shape index (κ2) is 5.75. The van der Waals surface area contributed by atoms with E-state index >= 15 is 0 Å². The molecule has 1 aromatic heterocycles. The van der Waals surface area contributed by atoms with Crippen molar-refractivity contribution in [3.05, 3.63) is 16.9 Å². The van der Waals surface area contributed by atoms with E-state index in [1.165, 1.54) is 38.5 Å². The van der Waals surface area contributed by atoms with Gasteiger partial charge >= 0.3 is 0 Å². The molecule has 1 aliphatic rings. The zero-order valence-corrected chi connectivity index (χ0v) is 12.7. The molecule has 0 radical (unpaired) electrons. The van der Waals surface area contributed by atoms with Crippen LogP contribution in [0.4, 0.5) is 0 Å². The highest BCUT2D eigenvalue weighted by molar-refractivity contribution is 9.09. The van der Waals surface area contributed by atoms with Gasteiger partial charge in [0.1, 0.15) is 0 Å². The number of alkyl halides is 1. The molecule has 17 heavy (non-hydrogen) atoms. The van der Waals surface area contributed by atoms with Gasteiger partial charge in [-0.25, -0.2) is 0 Å². The first-order valence-electron chi connectivity index (χ1n) is 6.41. The molecule has 0 amide bonds. The van der Waals surface area contributed by atoms with Crippen LogP contribution in [0.25, 0.3) is 0 Å². The zero-order chi connectivity index (χ0) is 12.3. The molecule has 0 aromatic carbocycles. The van der Waals surface area contributed by atoms with Gasteiger partial charge in [-0.05, 0) is 25.2 Å². The first-order valence-corrected chi connectivity index (χ1v) is 7.91. The molecule has 2 rings (SSSR count). The van der Waals surface area contributed by atoms with E-state index in [4.69, 9.17) is 11.6 Å². The molecular formula is C13H20BrClN2. The molecule has 1 saturated carbocycles. The predicted octanol–water partition coefficient (Wildman–Crippen LogP) is 4.58. The molecular weight excluding hydrogens is 300 g/mol. The Kier molecular flexibility index (Phi) is 4.53. The van der Waals surface area contributed by atoms with Gasteiger partial charge in [0.05, 0.1) is 10.7 Å². The number of hydrogen-bond donors (Lipinski definition) is 0. The fraction of sp³-hybridized carbons (Fsp3) is 0.769. The maximum absolute atomic E-state index is 6.07. The summed E-state index contributed by atoms with van der Waals surface area (Å²) in [6.45, 7) is 2.96. The molecule has 1 aromatic rings. The van der Waals surface area contributed by atoms with Crippen LogP contribution in [-0.2, 0) is 6.54 Å². The molecule has 0 aliphatic heterocycles. The van der Waals surface area contributed by atoms with Gasteiger partial charge < -0.3 is 0 Å². The van der Waals surface area contributed by atoms with E-state index in [0.717, 1.165) is 22.6 Å². The SMILES string of the molecule is Cc1nn(CC2(CBr)CCCCCC2)cc1Cl. The quantitative estimate of drug-likeness (QED) is 0.589. The summed E-state index contributed by atoms with van der Waals surface area (Å²) in [7, 11) is 0. The van der Waals surface area contributed by atoms with Gasteiger partial charge in [-0.1, -0.05) is 53.2 Å². The fourth-order valence-corrected chi connectivity index (χ4v) is 3.62. The predicted molar refractivity (Wildman–Crippen MR) is 75.9 cm³/mol. The fourth-order valence-electron chi connectivity index (χ4n) is 2.73. The molecule has 0 N–H and O–H groups in total. The Morgan fingerprint density at radius 3 is 2.47 bits per heavy atom. The van der Waals surface area contributed by atoms with Crippen LogP contribution in [-0.4, -0.2) is 15.1 Å². The molecule has 4 heteroatoms. The summed E-state index contributed by atoms with van der Waals surface area (Å²) >= 11 is 9.78. The third kappa shape index (κ3) is 3.25. The van der Waals surface area contributed by atoms with Crippen LogP contribution >= 0.6 is 27.5 Å². The summed E-state index contributed by atoms with van der Waals surface area (Å²) in [5.41, 5.74) is 1.31. The lowest BCUT2D eigenvalue weighted by Gasteiger charge is -2.30. The second-order valence-corrected chi connectivity index (χ2v) is 6.28. The van der Waals surface area contributed by atoms with Gasteiger partial charge in [0, 0.05) is 18.1 Å². The minimum atomic E-state index is 0.373. The molecule has 2 nitrogen and oxygen atoms in total. The van der Waals surface area contributed by atoms with E-state index in [9.17, 15) is 0 Å². The van der Waals surface area contributed by atoms with Crippen LogP contribution in [0.1, 0.15) is 44.2 Å². The lowest BCUT2D eigenvalue weighted by Crippen LogP contribution is -2.28. The lowest BCUT2D eigenvalue weighted by atomic mass is 9.82. The van der Waals surface area contributed by atoms with Crippen molar-refractivity contribution in [1.29, 1.82) is 0 Å². The van der Waals surface area contributed by atoms with Crippen molar-refractivity contribution in [3.63, 3.8) is 0 Å². The van der Waals surface area contributed by atoms with Crippen molar-refractivity contribution in [2.45, 2.75) is 52.0 Å². The van der Waals surface area contributed by atoms with Crippen LogP contribution in [0.3, 0.4) is 0 Å². The number of hydrogen-bond acceptors (Lipinski definition) is 1. The number of nitrogens with zero attached hydrogens (tertiary/aromatic N) is 2. The zero-order valence-electron chi connectivity index (χ0n) is 10.4. The molecule has 0 atom stereocenters. The van der Waals surface area contributed by atoms with Gasteiger partial charge in [-0.3, -0.25) is 4.68 Å². The minimum absolute atomic E-state index is 0.373. The summed E-state index contributed by atoms with van der Waals surface area (Å²) in [5.74, 6) is 0. The third-order valence-electron chi connectivity index (χ3n) is 3.83. The molecule has 0 saturated heterocycles. The van der Waals surface area contributed by atoms with Gasteiger partial charge in [0.15, 0.2) is 0 Å². The van der Waals surface area contributed by atoms with Crippen molar-refractivity contribution in [3.8, 4) is 0 Å². The highest BCUT2D eigenvalue weighted by atomic mass is 79.9. The van der Waals surface area contributed by atoms with Gasteiger partial charge in [-0.15, -0.1) is 0 Å². The normalized spacial score (nSPS) is 20.2. The van der Waals surface area contributed by atoms with E-state index in [1.54, 1.807) is 0 Å². The van der Waals surface area contributed by atoms with Crippen molar-refractivity contribution < 1.29 is 0 Å². The first kappa shape index (κ1) is 13.4. The Balaban J connectivity index is 2.12. The van der Waals surface area contributed by atoms with E-state index in [-0.39, 0.29) is 0 Å². The van der Waals surface area contributed by atoms with E-state index in [1.807, 2.05) is 17.8 Å². The Morgan fingerprint density at radius 1 is 1.35 bits per heavy atom. The summed E-state index contributed by atoms with van der Waals surface area (Å²) in [6.07, 6.45) is 10.0. The maximum Gasteiger partial charge on any atom is 0.0814 e. The van der Waals surface area contributed by atoms with E-state index in [0.29, 0.717) is 5.41 Å². The topological polar surface area (TPSA) is 17.8 Å². The van der Waals surface area contributed by atoms with Crippen molar-refractivity contribution in [2.24, 2.45) is 5.41 Å². The lowest BCUT2D eigenvalue weighted by molar-refractivity contribution is 0.231. The average molecular weight is 320 g/mol. The highest BCUT2D eigenvalue weighted by Crippen LogP contribution is 2.38. The second-order valence-electron chi connectivity index (χ2n) is 5.31. The van der Waals surface area contributed by atoms with Gasteiger partial charge in [-0.2, -0.15) is 5.10 Å². The number of halogens is 2. The summed E-state index contributed by atoms with van der Waals surface area (Å²) in [4.78, 5) is 0. The molecule has 0 bridgehead atoms. The summed E-state index contributed by atoms with van der Waals surface area (Å²) in [6, 6.07) is 0. The average Bonchev–Trinajstić information content (AvgIpc) is 2.54. The standard InChI is InChI=1S/C13H20BrClN2/c1-11-12(15)8-17(16-11)10-13(9-14)6-4-2-3-5-7-13/h8H,2-7,9-10H2,1H3. The Morgan fingerprint density at radius 2 is 2.00 bits per heavy atom. The van der Waals surface area contributed by atoms with Crippen LogP contribution in [0.2, 0.25) is 5.02 Å². The monoisotopic (exact) mass is 318 g/mol. The Labute approximate surface area is 117 Å². The van der Waals surface area contributed by atoms with Crippen LogP contribution in [0, 0.1) is 12.3 Å².